The topological polar surface area (TPSA) is 103 Å². The van der Waals surface area contributed by atoms with E-state index < -0.39 is 6.03 Å². The minimum absolute atomic E-state index is 0.112. The first-order valence-electron chi connectivity index (χ1n) is 10.5. The van der Waals surface area contributed by atoms with Crippen LogP contribution in [0.1, 0.15) is 11.3 Å². The van der Waals surface area contributed by atoms with E-state index in [-0.39, 0.29) is 12.2 Å². The van der Waals surface area contributed by atoms with Gasteiger partial charge in [0.2, 0.25) is 0 Å². The molecule has 174 valence electrons. The van der Waals surface area contributed by atoms with Gasteiger partial charge in [0, 0.05) is 47.9 Å². The summed E-state index contributed by atoms with van der Waals surface area (Å²) in [5.74, 6) is 1.68. The minimum Gasteiger partial charge on any atom is -0.497 e. The van der Waals surface area contributed by atoms with E-state index in [2.05, 4.69) is 15.6 Å². The Balaban J connectivity index is 1.45. The van der Waals surface area contributed by atoms with E-state index >= 15 is 0 Å². The Bertz CT molecular complexity index is 1380. The maximum Gasteiger partial charge on any atom is 0.323 e. The Morgan fingerprint density at radius 2 is 1.68 bits per heavy atom. The number of methoxy groups -OCH3 is 2. The molecule has 0 aliphatic carbocycles. The van der Waals surface area contributed by atoms with Crippen LogP contribution in [0.5, 0.6) is 17.2 Å². The number of ether oxygens (including phenoxy) is 3. The molecule has 0 spiro atoms. The van der Waals surface area contributed by atoms with Crippen LogP contribution in [0.2, 0.25) is 0 Å². The number of aromatic nitrogens is 2. The highest BCUT2D eigenvalue weighted by molar-refractivity contribution is 6.00. The molecular formula is C25H24N4O5. The predicted molar refractivity (Wildman–Crippen MR) is 129 cm³/mol. The molecule has 0 aliphatic heterocycles. The number of aryl methyl sites for hydroxylation is 1. The first-order chi connectivity index (χ1) is 16.4. The summed E-state index contributed by atoms with van der Waals surface area (Å²) >= 11 is 0. The van der Waals surface area contributed by atoms with Gasteiger partial charge in [-0.2, -0.15) is 0 Å². The maximum atomic E-state index is 12.5. The normalized spacial score (nSPS) is 10.6. The van der Waals surface area contributed by atoms with Gasteiger partial charge >= 0.3 is 6.03 Å². The first-order valence-corrected chi connectivity index (χ1v) is 10.5. The number of amides is 2. The van der Waals surface area contributed by atoms with E-state index in [0.717, 1.165) is 5.56 Å². The molecule has 4 rings (SSSR count). The third-order valence-electron chi connectivity index (χ3n) is 5.05. The van der Waals surface area contributed by atoms with E-state index in [1.165, 1.54) is 24.7 Å². The van der Waals surface area contributed by atoms with E-state index in [1.54, 1.807) is 48.7 Å². The molecule has 2 heterocycles. The molecule has 0 aliphatic rings. The predicted octanol–water partition coefficient (Wildman–Crippen LogP) is 4.24. The number of carbonyl (C=O) groups is 1. The highest BCUT2D eigenvalue weighted by Gasteiger charge is 2.09. The fraction of sp³-hybridized carbons (Fsp3) is 0.160. The maximum absolute atomic E-state index is 12.5. The molecule has 0 bridgehead atoms. The summed E-state index contributed by atoms with van der Waals surface area (Å²) < 4.78 is 17.8. The summed E-state index contributed by atoms with van der Waals surface area (Å²) in [6, 6.07) is 16.8. The van der Waals surface area contributed by atoms with Crippen LogP contribution in [0, 0.1) is 6.92 Å². The second kappa shape index (κ2) is 9.95. The van der Waals surface area contributed by atoms with Gasteiger partial charge in [0.05, 0.1) is 19.9 Å². The van der Waals surface area contributed by atoms with E-state index in [1.807, 2.05) is 19.1 Å². The van der Waals surface area contributed by atoms with Gasteiger partial charge in [0.1, 0.15) is 29.5 Å². The van der Waals surface area contributed by atoms with Gasteiger partial charge in [-0.15, -0.1) is 0 Å². The van der Waals surface area contributed by atoms with Crippen molar-refractivity contribution in [3.63, 3.8) is 0 Å². The number of benzene rings is 2. The molecule has 2 N–H and O–H groups in total. The van der Waals surface area contributed by atoms with Crippen molar-refractivity contribution in [1.82, 2.24) is 9.38 Å². The van der Waals surface area contributed by atoms with Gasteiger partial charge in [-0.3, -0.25) is 9.20 Å². The number of hydrogen-bond donors (Lipinski definition) is 2. The number of anilines is 2. The Hall–Kier alpha value is -4.53. The molecule has 0 saturated heterocycles. The monoisotopic (exact) mass is 460 g/mol. The van der Waals surface area contributed by atoms with Crippen LogP contribution >= 0.6 is 0 Å². The number of nitrogens with zero attached hydrogens (tertiary/aromatic N) is 2. The fourth-order valence-electron chi connectivity index (χ4n) is 3.34. The lowest BCUT2D eigenvalue weighted by Gasteiger charge is -2.13. The SMILES string of the molecule is COc1cc(NC(=O)Nc2ccc(C)c(OCc3cc(=O)n4ccccc4n3)c2)cc(OC)c1. The molecular weight excluding hydrogens is 436 g/mol. The van der Waals surface area contributed by atoms with Gasteiger partial charge in [-0.1, -0.05) is 12.1 Å². The second-order valence-electron chi connectivity index (χ2n) is 7.46. The van der Waals surface area contributed by atoms with Crippen molar-refractivity contribution in [2.45, 2.75) is 13.5 Å². The van der Waals surface area contributed by atoms with E-state index in [9.17, 15) is 9.59 Å². The molecule has 4 aromatic rings. The standard InChI is InChI=1S/C25H24N4O5/c1-16-7-8-17(27-25(31)28-18-10-20(32-2)14-21(11-18)33-3)12-22(16)34-15-19-13-24(30)29-9-5-4-6-23(29)26-19/h4-14H,15H2,1-3H3,(H2,27,28,31). The molecule has 9 nitrogen and oxygen atoms in total. The highest BCUT2D eigenvalue weighted by atomic mass is 16.5. The largest absolute Gasteiger partial charge is 0.497 e. The molecule has 0 fully saturated rings. The van der Waals surface area contributed by atoms with Crippen LogP contribution in [0.25, 0.3) is 5.65 Å². The van der Waals surface area contributed by atoms with Crippen molar-refractivity contribution in [3.8, 4) is 17.2 Å². The molecule has 0 saturated carbocycles. The highest BCUT2D eigenvalue weighted by Crippen LogP contribution is 2.27. The minimum atomic E-state index is -0.436. The summed E-state index contributed by atoms with van der Waals surface area (Å²) in [6.45, 7) is 2.01. The number of rotatable bonds is 7. The molecule has 34 heavy (non-hydrogen) atoms. The van der Waals surface area contributed by atoms with Gasteiger partial charge in [-0.25, -0.2) is 9.78 Å². The third-order valence-corrected chi connectivity index (χ3v) is 5.05. The zero-order valence-corrected chi connectivity index (χ0v) is 19.0. The van der Waals surface area contributed by atoms with Crippen LogP contribution in [0.15, 0.2) is 71.7 Å². The molecule has 9 heteroatoms. The van der Waals surface area contributed by atoms with Gasteiger partial charge in [0.15, 0.2) is 0 Å². The Morgan fingerprint density at radius 3 is 2.41 bits per heavy atom. The number of carbonyl (C=O) groups excluding carboxylic acids is 1. The van der Waals surface area contributed by atoms with Gasteiger partial charge in [-0.05, 0) is 30.7 Å². The lowest BCUT2D eigenvalue weighted by molar-refractivity contribution is 0.262. The Morgan fingerprint density at radius 1 is 0.941 bits per heavy atom. The zero-order valence-electron chi connectivity index (χ0n) is 19.0. The summed E-state index contributed by atoms with van der Waals surface area (Å²) in [5, 5.41) is 5.54. The van der Waals surface area contributed by atoms with E-state index in [4.69, 9.17) is 14.2 Å². The van der Waals surface area contributed by atoms with Crippen LogP contribution < -0.4 is 30.4 Å². The number of pyridine rings is 1. The average Bonchev–Trinajstić information content (AvgIpc) is 2.84. The number of fused-ring (bicyclic) bond motifs is 1. The molecule has 2 amide bonds. The zero-order chi connectivity index (χ0) is 24.1. The number of nitrogens with one attached hydrogen (secondary N) is 2. The van der Waals surface area contributed by atoms with Crippen molar-refractivity contribution in [3.05, 3.63) is 88.5 Å². The fourth-order valence-corrected chi connectivity index (χ4v) is 3.34. The quantitative estimate of drug-likeness (QED) is 0.428. The molecule has 0 atom stereocenters. The number of urea groups is 1. The van der Waals surface area contributed by atoms with Crippen LogP contribution in [-0.2, 0) is 6.61 Å². The Kier molecular flexibility index (Phi) is 6.63. The average molecular weight is 460 g/mol. The van der Waals surface area contributed by atoms with E-state index in [0.29, 0.717) is 40.0 Å². The second-order valence-corrected chi connectivity index (χ2v) is 7.46. The van der Waals surface area contributed by atoms with Crippen molar-refractivity contribution in [1.29, 1.82) is 0 Å². The lowest BCUT2D eigenvalue weighted by Crippen LogP contribution is -2.19. The number of hydrogen-bond acceptors (Lipinski definition) is 6. The van der Waals surface area contributed by atoms with Crippen molar-refractivity contribution >= 4 is 23.1 Å². The molecule has 2 aromatic heterocycles. The summed E-state index contributed by atoms with van der Waals surface area (Å²) in [5.41, 5.74) is 2.82. The summed E-state index contributed by atoms with van der Waals surface area (Å²) in [6.07, 6.45) is 1.67. The smallest absolute Gasteiger partial charge is 0.323 e. The van der Waals surface area contributed by atoms with Crippen molar-refractivity contribution in [2.75, 3.05) is 24.9 Å². The van der Waals surface area contributed by atoms with Crippen molar-refractivity contribution in [2.24, 2.45) is 0 Å². The summed E-state index contributed by atoms with van der Waals surface area (Å²) in [7, 11) is 3.08. The van der Waals surface area contributed by atoms with Gasteiger partial charge < -0.3 is 24.8 Å². The van der Waals surface area contributed by atoms with Crippen LogP contribution in [-0.4, -0.2) is 29.6 Å². The van der Waals surface area contributed by atoms with Gasteiger partial charge in [0.25, 0.3) is 5.56 Å². The van der Waals surface area contributed by atoms with Crippen LogP contribution in [0.4, 0.5) is 16.2 Å². The Labute approximate surface area is 195 Å². The molecule has 2 aromatic carbocycles. The summed E-state index contributed by atoms with van der Waals surface area (Å²) in [4.78, 5) is 29.3. The lowest BCUT2D eigenvalue weighted by atomic mass is 10.2. The molecule has 0 unspecified atom stereocenters. The van der Waals surface area contributed by atoms with Crippen molar-refractivity contribution < 1.29 is 19.0 Å². The molecule has 0 radical (unpaired) electrons. The van der Waals surface area contributed by atoms with Crippen LogP contribution in [0.3, 0.4) is 0 Å². The third kappa shape index (κ3) is 5.26. The first kappa shape index (κ1) is 22.7.